The molecule has 2 N–H and O–H groups in total. The third-order valence-electron chi connectivity index (χ3n) is 3.82. The van der Waals surface area contributed by atoms with Gasteiger partial charge >= 0.3 is 0 Å². The SMILES string of the molecule is CCS(=O)(=O)c1ccc(C(=O)NNc2nc3c(OC)ccc(Cl)c3s2)cc1. The molecule has 3 rings (SSSR count). The highest BCUT2D eigenvalue weighted by molar-refractivity contribution is 7.91. The predicted octanol–water partition coefficient (Wildman–Crippen LogP) is 3.51. The van der Waals surface area contributed by atoms with Gasteiger partial charge in [-0.1, -0.05) is 29.9 Å². The van der Waals surface area contributed by atoms with Crippen molar-refractivity contribution in [1.82, 2.24) is 10.4 Å². The van der Waals surface area contributed by atoms with Crippen LogP contribution in [0.5, 0.6) is 5.75 Å². The molecule has 0 saturated carbocycles. The first-order chi connectivity index (χ1) is 12.9. The minimum atomic E-state index is -3.30. The molecule has 0 atom stereocenters. The number of nitrogens with one attached hydrogen (secondary N) is 2. The van der Waals surface area contributed by atoms with Crippen molar-refractivity contribution >= 4 is 54.0 Å². The molecule has 1 heterocycles. The summed E-state index contributed by atoms with van der Waals surface area (Å²) < 4.78 is 29.6. The van der Waals surface area contributed by atoms with Crippen molar-refractivity contribution in [3.63, 3.8) is 0 Å². The van der Waals surface area contributed by atoms with Gasteiger partial charge in [-0.15, -0.1) is 0 Å². The lowest BCUT2D eigenvalue weighted by molar-refractivity contribution is 0.0962. The second-order valence-corrected chi connectivity index (χ2v) is 9.14. The fourth-order valence-electron chi connectivity index (χ4n) is 2.33. The number of aromatic nitrogens is 1. The molecule has 142 valence electrons. The Morgan fingerprint density at radius 3 is 2.56 bits per heavy atom. The average molecular weight is 426 g/mol. The standard InChI is InChI=1S/C17H16ClN3O4S2/c1-3-27(23,24)11-6-4-10(5-7-11)16(22)20-21-17-19-14-13(25-2)9-8-12(18)15(14)26-17/h4-9H,3H2,1-2H3,(H,19,21)(H,20,22). The molecular weight excluding hydrogens is 410 g/mol. The Labute approximate surface area is 165 Å². The fourth-order valence-corrected chi connectivity index (χ4v) is 4.33. The Kier molecular flexibility index (Phi) is 5.54. The van der Waals surface area contributed by atoms with Gasteiger partial charge < -0.3 is 4.74 Å². The van der Waals surface area contributed by atoms with Crippen molar-refractivity contribution < 1.29 is 17.9 Å². The molecule has 2 aromatic carbocycles. The van der Waals surface area contributed by atoms with Gasteiger partial charge in [0.05, 0.1) is 27.5 Å². The third-order valence-corrected chi connectivity index (χ3v) is 7.00. The normalized spacial score (nSPS) is 11.4. The summed E-state index contributed by atoms with van der Waals surface area (Å²) in [6.07, 6.45) is 0. The molecule has 0 fully saturated rings. The maximum absolute atomic E-state index is 12.3. The highest BCUT2D eigenvalue weighted by Crippen LogP contribution is 2.37. The summed E-state index contributed by atoms with van der Waals surface area (Å²) in [5.74, 6) is 0.162. The predicted molar refractivity (Wildman–Crippen MR) is 106 cm³/mol. The number of amides is 1. The molecule has 7 nitrogen and oxygen atoms in total. The van der Waals surface area contributed by atoms with Gasteiger partial charge in [0.25, 0.3) is 5.91 Å². The largest absolute Gasteiger partial charge is 0.494 e. The minimum Gasteiger partial charge on any atom is -0.494 e. The van der Waals surface area contributed by atoms with Crippen molar-refractivity contribution in [3.8, 4) is 5.75 Å². The van der Waals surface area contributed by atoms with Gasteiger partial charge in [0.15, 0.2) is 9.84 Å². The Hall–Kier alpha value is -2.36. The number of hydrogen-bond donors (Lipinski definition) is 2. The lowest BCUT2D eigenvalue weighted by Crippen LogP contribution is -2.29. The van der Waals surface area contributed by atoms with Crippen LogP contribution in [0.2, 0.25) is 5.02 Å². The maximum atomic E-state index is 12.3. The number of rotatable bonds is 6. The highest BCUT2D eigenvalue weighted by atomic mass is 35.5. The maximum Gasteiger partial charge on any atom is 0.269 e. The van der Waals surface area contributed by atoms with Gasteiger partial charge in [-0.3, -0.25) is 15.6 Å². The van der Waals surface area contributed by atoms with Crippen LogP contribution in [0.25, 0.3) is 10.2 Å². The van der Waals surface area contributed by atoms with Crippen LogP contribution in [0, 0.1) is 0 Å². The smallest absolute Gasteiger partial charge is 0.269 e. The lowest BCUT2D eigenvalue weighted by atomic mass is 10.2. The second kappa shape index (κ2) is 7.71. The topological polar surface area (TPSA) is 97.4 Å². The van der Waals surface area contributed by atoms with Crippen molar-refractivity contribution in [2.75, 3.05) is 18.3 Å². The van der Waals surface area contributed by atoms with Gasteiger partial charge in [-0.2, -0.15) is 0 Å². The van der Waals surface area contributed by atoms with Gasteiger partial charge in [-0.05, 0) is 36.4 Å². The Morgan fingerprint density at radius 2 is 1.93 bits per heavy atom. The Bertz CT molecular complexity index is 1100. The van der Waals surface area contributed by atoms with E-state index in [9.17, 15) is 13.2 Å². The summed E-state index contributed by atoms with van der Waals surface area (Å²) in [7, 11) is -1.76. The number of halogens is 1. The second-order valence-electron chi connectivity index (χ2n) is 5.45. The molecule has 0 bridgehead atoms. The number of benzene rings is 2. The zero-order chi connectivity index (χ0) is 19.6. The first kappa shape index (κ1) is 19.4. The molecule has 0 aliphatic heterocycles. The number of hydrogen-bond acceptors (Lipinski definition) is 7. The van der Waals surface area contributed by atoms with Gasteiger partial charge in [0, 0.05) is 5.56 Å². The molecule has 0 aliphatic carbocycles. The molecule has 10 heteroatoms. The number of methoxy groups -OCH3 is 1. The van der Waals surface area contributed by atoms with Gasteiger partial charge in [0.1, 0.15) is 11.3 Å². The summed E-state index contributed by atoms with van der Waals surface area (Å²) in [5.41, 5.74) is 6.19. The Balaban J connectivity index is 1.74. The summed E-state index contributed by atoms with van der Waals surface area (Å²) in [6, 6.07) is 9.18. The molecule has 0 unspecified atom stereocenters. The number of carbonyl (C=O) groups is 1. The lowest BCUT2D eigenvalue weighted by Gasteiger charge is -2.06. The molecule has 3 aromatic rings. The van der Waals surface area contributed by atoms with Crippen LogP contribution in [-0.4, -0.2) is 32.2 Å². The number of nitrogens with zero attached hydrogens (tertiary/aromatic N) is 1. The number of carbonyl (C=O) groups excluding carboxylic acids is 1. The van der Waals surface area contributed by atoms with Crippen LogP contribution < -0.4 is 15.6 Å². The third kappa shape index (κ3) is 4.00. The Morgan fingerprint density at radius 1 is 1.22 bits per heavy atom. The van der Waals surface area contributed by atoms with E-state index in [1.54, 1.807) is 26.2 Å². The molecule has 0 spiro atoms. The van der Waals surface area contributed by atoms with E-state index in [4.69, 9.17) is 16.3 Å². The molecule has 1 aromatic heterocycles. The van der Waals surface area contributed by atoms with E-state index in [0.717, 1.165) is 4.70 Å². The fraction of sp³-hybridized carbons (Fsp3) is 0.176. The first-order valence-corrected chi connectivity index (χ1v) is 10.7. The quantitative estimate of drug-likeness (QED) is 0.586. The van der Waals surface area contributed by atoms with E-state index in [0.29, 0.717) is 27.0 Å². The molecule has 0 saturated heterocycles. The van der Waals surface area contributed by atoms with Crippen LogP contribution in [-0.2, 0) is 9.84 Å². The number of sulfone groups is 1. The van der Waals surface area contributed by atoms with E-state index in [1.165, 1.54) is 35.6 Å². The van der Waals surface area contributed by atoms with E-state index in [2.05, 4.69) is 15.8 Å². The van der Waals surface area contributed by atoms with Crippen LogP contribution in [0.3, 0.4) is 0 Å². The van der Waals surface area contributed by atoms with Crippen molar-refractivity contribution in [3.05, 3.63) is 47.0 Å². The van der Waals surface area contributed by atoms with Gasteiger partial charge in [0.2, 0.25) is 5.13 Å². The van der Waals surface area contributed by atoms with Crippen LogP contribution in [0.15, 0.2) is 41.3 Å². The van der Waals surface area contributed by atoms with E-state index in [1.807, 2.05) is 0 Å². The van der Waals surface area contributed by atoms with E-state index in [-0.39, 0.29) is 10.6 Å². The summed E-state index contributed by atoms with van der Waals surface area (Å²) in [4.78, 5) is 16.8. The zero-order valence-corrected chi connectivity index (χ0v) is 16.8. The summed E-state index contributed by atoms with van der Waals surface area (Å²) >= 11 is 7.44. The monoisotopic (exact) mass is 425 g/mol. The minimum absolute atomic E-state index is 0.00370. The molecule has 0 radical (unpaired) electrons. The van der Waals surface area contributed by atoms with E-state index >= 15 is 0 Å². The highest BCUT2D eigenvalue weighted by Gasteiger charge is 2.15. The summed E-state index contributed by atoms with van der Waals surface area (Å²) in [6.45, 7) is 1.57. The van der Waals surface area contributed by atoms with Crippen molar-refractivity contribution in [2.45, 2.75) is 11.8 Å². The van der Waals surface area contributed by atoms with Crippen molar-refractivity contribution in [2.24, 2.45) is 0 Å². The van der Waals surface area contributed by atoms with Crippen molar-refractivity contribution in [1.29, 1.82) is 0 Å². The first-order valence-electron chi connectivity index (χ1n) is 7.88. The number of thiazole rings is 1. The number of anilines is 1. The molecule has 27 heavy (non-hydrogen) atoms. The molecular formula is C17H16ClN3O4S2. The molecule has 1 amide bonds. The average Bonchev–Trinajstić information content (AvgIpc) is 3.12. The van der Waals surface area contributed by atoms with Crippen LogP contribution >= 0.6 is 22.9 Å². The van der Waals surface area contributed by atoms with Crippen LogP contribution in [0.1, 0.15) is 17.3 Å². The number of hydrazine groups is 1. The zero-order valence-electron chi connectivity index (χ0n) is 14.4. The van der Waals surface area contributed by atoms with Crippen LogP contribution in [0.4, 0.5) is 5.13 Å². The van der Waals surface area contributed by atoms with Gasteiger partial charge in [-0.25, -0.2) is 13.4 Å². The summed E-state index contributed by atoms with van der Waals surface area (Å²) in [5, 5.41) is 0.977. The van der Waals surface area contributed by atoms with E-state index < -0.39 is 15.7 Å². The molecule has 0 aliphatic rings. The number of fused-ring (bicyclic) bond motifs is 1. The number of ether oxygens (including phenoxy) is 1.